The maximum absolute atomic E-state index is 11.1. The minimum absolute atomic E-state index is 0.296. The van der Waals surface area contributed by atoms with E-state index in [1.165, 1.54) is 6.07 Å². The number of aromatic nitrogens is 2. The fraction of sp³-hybridized carbons (Fsp3) is 0.0909. The highest BCUT2D eigenvalue weighted by molar-refractivity contribution is 7.71. The lowest BCUT2D eigenvalue weighted by atomic mass is 10.2. The van der Waals surface area contributed by atoms with Crippen molar-refractivity contribution in [2.24, 2.45) is 0 Å². The summed E-state index contributed by atoms with van der Waals surface area (Å²) in [5.41, 5.74) is 6.42. The summed E-state index contributed by atoms with van der Waals surface area (Å²) in [5.74, 6) is 0.332. The second-order valence-corrected chi connectivity index (χ2v) is 4.40. The second-order valence-electron chi connectivity index (χ2n) is 3.58. The van der Waals surface area contributed by atoms with Gasteiger partial charge in [-0.2, -0.15) is 0 Å². The zero-order valence-electron chi connectivity index (χ0n) is 8.81. The van der Waals surface area contributed by atoms with Crippen LogP contribution in [0.15, 0.2) is 35.1 Å². The highest BCUT2D eigenvalue weighted by Gasteiger charge is 2.02. The van der Waals surface area contributed by atoms with Gasteiger partial charge in [0.15, 0.2) is 4.77 Å². The first kappa shape index (κ1) is 11.9. The zero-order chi connectivity index (χ0) is 12.4. The zero-order valence-corrected chi connectivity index (χ0v) is 10.4. The first-order chi connectivity index (χ1) is 8.06. The van der Waals surface area contributed by atoms with E-state index in [-0.39, 0.29) is 5.56 Å². The number of H-pyrrole nitrogens is 1. The average molecular weight is 268 g/mol. The van der Waals surface area contributed by atoms with Crippen LogP contribution in [0.1, 0.15) is 5.56 Å². The summed E-state index contributed by atoms with van der Waals surface area (Å²) < 4.78 is 1.94. The lowest BCUT2D eigenvalue weighted by Crippen LogP contribution is -2.16. The van der Waals surface area contributed by atoms with E-state index in [4.69, 9.17) is 29.6 Å². The van der Waals surface area contributed by atoms with E-state index < -0.39 is 0 Å². The van der Waals surface area contributed by atoms with Crippen molar-refractivity contribution in [1.82, 2.24) is 9.55 Å². The molecule has 0 bridgehead atoms. The number of hydrogen-bond donors (Lipinski definition) is 2. The number of halogens is 1. The van der Waals surface area contributed by atoms with E-state index in [0.717, 1.165) is 5.56 Å². The van der Waals surface area contributed by atoms with Crippen LogP contribution in [0.3, 0.4) is 0 Å². The van der Waals surface area contributed by atoms with Crippen LogP contribution in [0.2, 0.25) is 5.02 Å². The summed E-state index contributed by atoms with van der Waals surface area (Å²) in [4.78, 5) is 13.7. The SMILES string of the molecule is Nc1cc(=O)[nH]c(=S)n1Cc1cccc(Cl)c1. The van der Waals surface area contributed by atoms with Crippen molar-refractivity contribution < 1.29 is 0 Å². The molecule has 0 saturated carbocycles. The van der Waals surface area contributed by atoms with Crippen molar-refractivity contribution in [1.29, 1.82) is 0 Å². The first-order valence-corrected chi connectivity index (χ1v) is 5.69. The van der Waals surface area contributed by atoms with Gasteiger partial charge in [0.2, 0.25) is 0 Å². The van der Waals surface area contributed by atoms with Crippen molar-refractivity contribution >= 4 is 29.6 Å². The molecule has 1 aromatic heterocycles. The Hall–Kier alpha value is -1.59. The Labute approximate surface area is 108 Å². The summed E-state index contributed by atoms with van der Waals surface area (Å²) >= 11 is 10.9. The van der Waals surface area contributed by atoms with Gasteiger partial charge in [0, 0.05) is 11.1 Å². The van der Waals surface area contributed by atoms with Gasteiger partial charge in [0.05, 0.1) is 6.54 Å². The fourth-order valence-electron chi connectivity index (χ4n) is 1.52. The Morgan fingerprint density at radius 3 is 2.82 bits per heavy atom. The van der Waals surface area contributed by atoms with E-state index in [1.54, 1.807) is 10.6 Å². The summed E-state index contributed by atoms with van der Waals surface area (Å²) in [5, 5.41) is 0.650. The highest BCUT2D eigenvalue weighted by Crippen LogP contribution is 2.13. The number of nitrogens with zero attached hydrogens (tertiary/aromatic N) is 1. The van der Waals surface area contributed by atoms with Gasteiger partial charge >= 0.3 is 0 Å². The number of aromatic amines is 1. The van der Waals surface area contributed by atoms with Gasteiger partial charge in [0.1, 0.15) is 5.82 Å². The molecule has 1 heterocycles. The Balaban J connectivity index is 2.43. The summed E-state index contributed by atoms with van der Waals surface area (Å²) in [6.45, 7) is 0.474. The molecule has 6 heteroatoms. The molecular formula is C11H10ClN3OS. The number of nitrogens with two attached hydrogens (primary N) is 1. The number of nitrogens with one attached hydrogen (secondary N) is 1. The van der Waals surface area contributed by atoms with Gasteiger partial charge in [-0.05, 0) is 29.9 Å². The van der Waals surface area contributed by atoms with Crippen molar-refractivity contribution in [3.8, 4) is 0 Å². The molecule has 0 aliphatic rings. The predicted molar refractivity (Wildman–Crippen MR) is 70.9 cm³/mol. The summed E-state index contributed by atoms with van der Waals surface area (Å²) in [6.07, 6.45) is 0. The largest absolute Gasteiger partial charge is 0.385 e. The molecule has 0 unspecified atom stereocenters. The molecule has 0 aliphatic heterocycles. The Bertz CT molecular complexity index is 662. The topological polar surface area (TPSA) is 63.8 Å². The van der Waals surface area contributed by atoms with Crippen LogP contribution >= 0.6 is 23.8 Å². The lowest BCUT2D eigenvalue weighted by molar-refractivity contribution is 0.757. The quantitative estimate of drug-likeness (QED) is 0.820. The molecule has 0 amide bonds. The molecule has 0 aliphatic carbocycles. The van der Waals surface area contributed by atoms with Gasteiger partial charge in [-0.3, -0.25) is 9.78 Å². The van der Waals surface area contributed by atoms with Gasteiger partial charge in [0.25, 0.3) is 5.56 Å². The number of anilines is 1. The van der Waals surface area contributed by atoms with Crippen LogP contribution < -0.4 is 11.3 Å². The molecule has 0 saturated heterocycles. The molecule has 1 aromatic carbocycles. The Morgan fingerprint density at radius 1 is 1.41 bits per heavy atom. The van der Waals surface area contributed by atoms with Gasteiger partial charge in [-0.15, -0.1) is 0 Å². The highest BCUT2D eigenvalue weighted by atomic mass is 35.5. The van der Waals surface area contributed by atoms with Crippen LogP contribution in [0, 0.1) is 4.77 Å². The van der Waals surface area contributed by atoms with E-state index in [9.17, 15) is 4.79 Å². The van der Waals surface area contributed by atoms with E-state index >= 15 is 0 Å². The van der Waals surface area contributed by atoms with Crippen LogP contribution in [-0.4, -0.2) is 9.55 Å². The van der Waals surface area contributed by atoms with E-state index in [0.29, 0.717) is 22.2 Å². The predicted octanol–water partition coefficient (Wildman–Crippen LogP) is 2.19. The van der Waals surface area contributed by atoms with Crippen molar-refractivity contribution in [2.75, 3.05) is 5.73 Å². The molecule has 17 heavy (non-hydrogen) atoms. The monoisotopic (exact) mass is 267 g/mol. The Morgan fingerprint density at radius 2 is 2.18 bits per heavy atom. The van der Waals surface area contributed by atoms with Crippen LogP contribution in [0.4, 0.5) is 5.82 Å². The molecule has 2 aromatic rings. The van der Waals surface area contributed by atoms with E-state index in [1.807, 2.05) is 18.2 Å². The Kier molecular flexibility index (Phi) is 3.31. The summed E-state index contributed by atoms with van der Waals surface area (Å²) in [7, 11) is 0. The van der Waals surface area contributed by atoms with E-state index in [2.05, 4.69) is 4.98 Å². The normalized spacial score (nSPS) is 10.4. The lowest BCUT2D eigenvalue weighted by Gasteiger charge is -2.10. The third kappa shape index (κ3) is 2.75. The maximum atomic E-state index is 11.1. The van der Waals surface area contributed by atoms with Crippen molar-refractivity contribution in [2.45, 2.75) is 6.54 Å². The molecule has 0 radical (unpaired) electrons. The third-order valence-electron chi connectivity index (χ3n) is 2.30. The molecule has 2 rings (SSSR count). The van der Waals surface area contributed by atoms with Gasteiger partial charge in [-0.25, -0.2) is 0 Å². The maximum Gasteiger partial charge on any atom is 0.253 e. The molecule has 0 spiro atoms. The molecule has 0 fully saturated rings. The fourth-order valence-corrected chi connectivity index (χ4v) is 2.00. The van der Waals surface area contributed by atoms with Crippen LogP contribution in [0.25, 0.3) is 0 Å². The average Bonchev–Trinajstić information content (AvgIpc) is 2.23. The standard InChI is InChI=1S/C11H10ClN3OS/c12-8-3-1-2-7(4-8)6-15-9(13)5-10(16)14-11(15)17/h1-5H,6,13H2,(H,14,16,17). The number of hydrogen-bond acceptors (Lipinski definition) is 3. The molecule has 0 atom stereocenters. The van der Waals surface area contributed by atoms with Crippen molar-refractivity contribution in [3.05, 3.63) is 56.0 Å². The van der Waals surface area contributed by atoms with Crippen LogP contribution in [0.5, 0.6) is 0 Å². The number of rotatable bonds is 2. The van der Waals surface area contributed by atoms with Crippen LogP contribution in [-0.2, 0) is 6.54 Å². The summed E-state index contributed by atoms with van der Waals surface area (Å²) in [6, 6.07) is 8.69. The first-order valence-electron chi connectivity index (χ1n) is 4.90. The molecular weight excluding hydrogens is 258 g/mol. The smallest absolute Gasteiger partial charge is 0.253 e. The van der Waals surface area contributed by atoms with Gasteiger partial charge in [-0.1, -0.05) is 23.7 Å². The molecule has 88 valence electrons. The van der Waals surface area contributed by atoms with Gasteiger partial charge < -0.3 is 10.3 Å². The second kappa shape index (κ2) is 4.73. The minimum atomic E-state index is -0.296. The molecule has 4 nitrogen and oxygen atoms in total. The number of nitrogen functional groups attached to an aromatic ring is 1. The third-order valence-corrected chi connectivity index (χ3v) is 2.85. The molecule has 3 N–H and O–H groups in total. The number of benzene rings is 1. The minimum Gasteiger partial charge on any atom is -0.385 e. The van der Waals surface area contributed by atoms with Crippen molar-refractivity contribution in [3.63, 3.8) is 0 Å².